The number of esters is 1. The van der Waals surface area contributed by atoms with Crippen molar-refractivity contribution >= 4 is 11.8 Å². The summed E-state index contributed by atoms with van der Waals surface area (Å²) in [5, 5.41) is 7.52. The molecule has 7 nitrogen and oxygen atoms in total. The van der Waals surface area contributed by atoms with Crippen LogP contribution in [-0.4, -0.2) is 28.0 Å². The number of nitrogen functional groups attached to an aromatic ring is 1. The minimum Gasteiger partial charge on any atom is -0.464 e. The quantitative estimate of drug-likeness (QED) is 0.741. The lowest BCUT2D eigenvalue weighted by atomic mass is 10.2. The van der Waals surface area contributed by atoms with E-state index in [-0.39, 0.29) is 11.5 Å². The zero-order valence-corrected chi connectivity index (χ0v) is 8.80. The molecule has 7 heteroatoms. The number of nitrogens with two attached hydrogens (primary N) is 1. The fourth-order valence-corrected chi connectivity index (χ4v) is 1.33. The molecule has 0 aromatic carbocycles. The van der Waals surface area contributed by atoms with Crippen LogP contribution in [0.4, 0.5) is 5.82 Å². The first-order chi connectivity index (χ1) is 7.61. The summed E-state index contributed by atoms with van der Waals surface area (Å²) in [5.41, 5.74) is 6.10. The van der Waals surface area contributed by atoms with Crippen molar-refractivity contribution in [1.29, 1.82) is 0 Å². The summed E-state index contributed by atoms with van der Waals surface area (Å²) in [6, 6.07) is 1.52. The van der Waals surface area contributed by atoms with Crippen LogP contribution in [0.3, 0.4) is 0 Å². The molecule has 2 heterocycles. The number of carbonyl (C=O) groups excluding carboxylic acids is 1. The van der Waals surface area contributed by atoms with E-state index in [0.29, 0.717) is 11.3 Å². The smallest absolute Gasteiger partial charge is 0.359 e. The van der Waals surface area contributed by atoms with Gasteiger partial charge in [0.1, 0.15) is 0 Å². The van der Waals surface area contributed by atoms with Gasteiger partial charge in [-0.15, -0.1) is 0 Å². The normalized spacial score (nSPS) is 10.4. The summed E-state index contributed by atoms with van der Waals surface area (Å²) < 4.78 is 11.1. The number of aromatic nitrogens is 3. The third-order valence-electron chi connectivity index (χ3n) is 2.00. The molecule has 0 bridgehead atoms. The van der Waals surface area contributed by atoms with Crippen LogP contribution < -0.4 is 5.73 Å². The molecule has 0 fully saturated rings. The van der Waals surface area contributed by atoms with Gasteiger partial charge in [0.15, 0.2) is 17.3 Å². The standard InChI is InChI=1S/C9H10N4O3/c1-13-4-5(6-3-7(10)12-16-6)8(11-13)9(14)15-2/h3-4H,1-2H3,(H2,10,12). The van der Waals surface area contributed by atoms with Crippen molar-refractivity contribution in [2.75, 3.05) is 12.8 Å². The van der Waals surface area contributed by atoms with Gasteiger partial charge >= 0.3 is 5.97 Å². The predicted molar refractivity (Wildman–Crippen MR) is 54.5 cm³/mol. The van der Waals surface area contributed by atoms with Gasteiger partial charge in [-0.05, 0) is 0 Å². The van der Waals surface area contributed by atoms with Gasteiger partial charge in [0.25, 0.3) is 0 Å². The maximum atomic E-state index is 11.4. The summed E-state index contributed by atoms with van der Waals surface area (Å²) in [5.74, 6) is 0.0891. The molecular formula is C9H10N4O3. The fraction of sp³-hybridized carbons (Fsp3) is 0.222. The maximum absolute atomic E-state index is 11.4. The van der Waals surface area contributed by atoms with Crippen molar-refractivity contribution in [3.8, 4) is 11.3 Å². The van der Waals surface area contributed by atoms with E-state index in [0.717, 1.165) is 0 Å². The average molecular weight is 222 g/mol. The van der Waals surface area contributed by atoms with Gasteiger partial charge in [-0.3, -0.25) is 4.68 Å². The Hall–Kier alpha value is -2.31. The predicted octanol–water partition coefficient (Wildman–Crippen LogP) is 0.444. The zero-order valence-electron chi connectivity index (χ0n) is 8.80. The molecule has 16 heavy (non-hydrogen) atoms. The lowest BCUT2D eigenvalue weighted by Gasteiger charge is -1.95. The Bertz CT molecular complexity index is 529. The van der Waals surface area contributed by atoms with Crippen LogP contribution in [0.15, 0.2) is 16.8 Å². The third kappa shape index (κ3) is 1.62. The highest BCUT2D eigenvalue weighted by Crippen LogP contribution is 2.24. The summed E-state index contributed by atoms with van der Waals surface area (Å²) in [6.45, 7) is 0. The van der Waals surface area contributed by atoms with E-state index >= 15 is 0 Å². The minimum atomic E-state index is -0.537. The first-order valence-corrected chi connectivity index (χ1v) is 4.46. The Morgan fingerprint density at radius 1 is 1.62 bits per heavy atom. The van der Waals surface area contributed by atoms with Gasteiger partial charge in [-0.25, -0.2) is 4.79 Å². The molecule has 0 spiro atoms. The topological polar surface area (TPSA) is 96.2 Å². The molecular weight excluding hydrogens is 212 g/mol. The van der Waals surface area contributed by atoms with Crippen LogP contribution in [0.5, 0.6) is 0 Å². The van der Waals surface area contributed by atoms with Gasteiger partial charge in [0.05, 0.1) is 12.7 Å². The Kier molecular flexibility index (Phi) is 2.35. The summed E-state index contributed by atoms with van der Waals surface area (Å²) in [4.78, 5) is 11.4. The van der Waals surface area contributed by atoms with Gasteiger partial charge in [0.2, 0.25) is 0 Å². The number of hydrogen-bond donors (Lipinski definition) is 1. The van der Waals surface area contributed by atoms with E-state index in [2.05, 4.69) is 15.0 Å². The molecule has 0 saturated carbocycles. The number of aryl methyl sites for hydroxylation is 1. The lowest BCUT2D eigenvalue weighted by molar-refractivity contribution is 0.0593. The lowest BCUT2D eigenvalue weighted by Crippen LogP contribution is -2.04. The largest absolute Gasteiger partial charge is 0.464 e. The fourth-order valence-electron chi connectivity index (χ4n) is 1.33. The van der Waals surface area contributed by atoms with Crippen LogP contribution in [0.1, 0.15) is 10.5 Å². The van der Waals surface area contributed by atoms with Gasteiger partial charge in [0, 0.05) is 19.3 Å². The molecule has 0 aliphatic carbocycles. The van der Waals surface area contributed by atoms with Crippen LogP contribution >= 0.6 is 0 Å². The van der Waals surface area contributed by atoms with E-state index in [1.54, 1.807) is 13.2 Å². The Balaban J connectivity index is 2.52. The molecule has 2 aromatic rings. The number of ether oxygens (including phenoxy) is 1. The van der Waals surface area contributed by atoms with Crippen LogP contribution in [0.2, 0.25) is 0 Å². The molecule has 84 valence electrons. The average Bonchev–Trinajstić information content (AvgIpc) is 2.83. The minimum absolute atomic E-state index is 0.168. The number of carbonyl (C=O) groups is 1. The van der Waals surface area contributed by atoms with Crippen LogP contribution in [0.25, 0.3) is 11.3 Å². The SMILES string of the molecule is COC(=O)c1nn(C)cc1-c1cc(N)no1. The highest BCUT2D eigenvalue weighted by Gasteiger charge is 2.20. The van der Waals surface area contributed by atoms with Gasteiger partial charge in [-0.2, -0.15) is 5.10 Å². The number of methoxy groups -OCH3 is 1. The molecule has 2 rings (SSSR count). The highest BCUT2D eigenvalue weighted by atomic mass is 16.5. The Morgan fingerprint density at radius 3 is 2.94 bits per heavy atom. The molecule has 0 amide bonds. The molecule has 0 unspecified atom stereocenters. The highest BCUT2D eigenvalue weighted by molar-refractivity contribution is 5.94. The van der Waals surface area contributed by atoms with Crippen molar-refractivity contribution in [2.45, 2.75) is 0 Å². The van der Waals surface area contributed by atoms with Crippen molar-refractivity contribution in [3.05, 3.63) is 18.0 Å². The molecule has 2 aromatic heterocycles. The molecule has 2 N–H and O–H groups in total. The second-order valence-electron chi connectivity index (χ2n) is 3.17. The first kappa shape index (κ1) is 10.2. The summed E-state index contributed by atoms with van der Waals surface area (Å²) in [7, 11) is 2.98. The van der Waals surface area contributed by atoms with Gasteiger partial charge < -0.3 is 15.0 Å². The molecule has 0 radical (unpaired) electrons. The molecule has 0 aliphatic heterocycles. The molecule has 0 aliphatic rings. The van der Waals surface area contributed by atoms with Crippen molar-refractivity contribution < 1.29 is 14.1 Å². The van der Waals surface area contributed by atoms with Crippen molar-refractivity contribution in [3.63, 3.8) is 0 Å². The second-order valence-corrected chi connectivity index (χ2v) is 3.17. The van der Waals surface area contributed by atoms with E-state index in [9.17, 15) is 4.79 Å². The monoisotopic (exact) mass is 222 g/mol. The van der Waals surface area contributed by atoms with E-state index in [1.807, 2.05) is 0 Å². The Morgan fingerprint density at radius 2 is 2.38 bits per heavy atom. The second kappa shape index (κ2) is 3.69. The summed E-state index contributed by atoms with van der Waals surface area (Å²) in [6.07, 6.45) is 1.63. The van der Waals surface area contributed by atoms with Gasteiger partial charge in [-0.1, -0.05) is 5.16 Å². The third-order valence-corrected chi connectivity index (χ3v) is 2.00. The molecule has 0 saturated heterocycles. The number of hydrogen-bond acceptors (Lipinski definition) is 6. The van der Waals surface area contributed by atoms with E-state index in [4.69, 9.17) is 10.3 Å². The number of nitrogens with zero attached hydrogens (tertiary/aromatic N) is 3. The maximum Gasteiger partial charge on any atom is 0.359 e. The van der Waals surface area contributed by atoms with Crippen molar-refractivity contribution in [2.24, 2.45) is 7.05 Å². The van der Waals surface area contributed by atoms with Crippen LogP contribution in [-0.2, 0) is 11.8 Å². The molecule has 0 atom stereocenters. The first-order valence-electron chi connectivity index (χ1n) is 4.46. The number of anilines is 1. The van der Waals surface area contributed by atoms with E-state index in [1.165, 1.54) is 17.9 Å². The summed E-state index contributed by atoms with van der Waals surface area (Å²) >= 11 is 0. The Labute approximate surface area is 90.8 Å². The van der Waals surface area contributed by atoms with E-state index < -0.39 is 5.97 Å². The zero-order chi connectivity index (χ0) is 11.7. The van der Waals surface area contributed by atoms with Crippen molar-refractivity contribution in [1.82, 2.24) is 14.9 Å². The van der Waals surface area contributed by atoms with Crippen LogP contribution in [0, 0.1) is 0 Å². The number of rotatable bonds is 2.